The lowest BCUT2D eigenvalue weighted by molar-refractivity contribution is 0.102. The smallest absolute Gasteiger partial charge is 0.258 e. The number of aromatic nitrogens is 1. The number of thiophene rings is 1. The van der Waals surface area contributed by atoms with Crippen molar-refractivity contribution in [2.75, 3.05) is 30.4 Å². The zero-order chi connectivity index (χ0) is 17.2. The van der Waals surface area contributed by atoms with E-state index in [-0.39, 0.29) is 5.91 Å². The second-order valence-electron chi connectivity index (χ2n) is 6.01. The topological polar surface area (TPSA) is 54.5 Å². The maximum atomic E-state index is 12.7. The zero-order valence-electron chi connectivity index (χ0n) is 13.9. The zero-order valence-corrected chi connectivity index (χ0v) is 15.6. The Kier molecular flexibility index (Phi) is 4.59. The minimum Gasteiger partial charge on any atom is -0.497 e. The van der Waals surface area contributed by atoms with Crippen LogP contribution in [0.4, 0.5) is 10.8 Å². The van der Waals surface area contributed by atoms with Gasteiger partial charge in [0.1, 0.15) is 10.6 Å². The second kappa shape index (κ2) is 7.01. The van der Waals surface area contributed by atoms with Gasteiger partial charge in [-0.15, -0.1) is 11.3 Å². The monoisotopic (exact) mass is 373 g/mol. The van der Waals surface area contributed by atoms with Crippen LogP contribution in [0, 0.1) is 0 Å². The highest BCUT2D eigenvalue weighted by Crippen LogP contribution is 2.36. The maximum Gasteiger partial charge on any atom is 0.258 e. The Balaban J connectivity index is 1.55. The molecule has 3 heterocycles. The summed E-state index contributed by atoms with van der Waals surface area (Å²) >= 11 is 3.16. The van der Waals surface area contributed by atoms with Gasteiger partial charge in [0.05, 0.1) is 17.4 Å². The molecule has 1 N–H and O–H groups in total. The molecule has 0 radical (unpaired) electrons. The van der Waals surface area contributed by atoms with E-state index in [9.17, 15) is 4.79 Å². The van der Waals surface area contributed by atoms with Gasteiger partial charge in [-0.3, -0.25) is 4.79 Å². The van der Waals surface area contributed by atoms with Gasteiger partial charge in [-0.2, -0.15) is 0 Å². The standard InChI is InChI=1S/C18H19N3O2S2/c1-23-13-7-5-12(6-8-13)19-16(22)14-11-24-17-15(14)25-18(20-17)21-9-3-2-4-10-21/h5-8,11H,2-4,9-10H2,1H3,(H,19,22). The van der Waals surface area contributed by atoms with E-state index in [1.54, 1.807) is 18.4 Å². The number of hydrogen-bond acceptors (Lipinski definition) is 6. The van der Waals surface area contributed by atoms with Gasteiger partial charge in [0.15, 0.2) is 5.13 Å². The number of piperidine rings is 1. The molecular formula is C18H19N3O2S2. The number of anilines is 2. The number of carbonyl (C=O) groups is 1. The first kappa shape index (κ1) is 16.4. The summed E-state index contributed by atoms with van der Waals surface area (Å²) in [5.41, 5.74) is 1.46. The molecule has 0 aliphatic carbocycles. The molecule has 0 bridgehead atoms. The molecule has 1 aliphatic rings. The van der Waals surface area contributed by atoms with Gasteiger partial charge in [0.25, 0.3) is 5.91 Å². The third-order valence-corrected chi connectivity index (χ3v) is 6.49. The number of ether oxygens (including phenoxy) is 1. The van der Waals surface area contributed by atoms with Crippen molar-refractivity contribution in [3.63, 3.8) is 0 Å². The van der Waals surface area contributed by atoms with Crippen molar-refractivity contribution >= 4 is 48.9 Å². The maximum absolute atomic E-state index is 12.7. The van der Waals surface area contributed by atoms with E-state index >= 15 is 0 Å². The summed E-state index contributed by atoms with van der Waals surface area (Å²) in [6.07, 6.45) is 3.74. The molecule has 1 fully saturated rings. The summed E-state index contributed by atoms with van der Waals surface area (Å²) in [4.78, 5) is 20.7. The van der Waals surface area contributed by atoms with E-state index in [0.29, 0.717) is 5.56 Å². The molecule has 130 valence electrons. The fourth-order valence-electron chi connectivity index (χ4n) is 2.96. The predicted molar refractivity (Wildman–Crippen MR) is 105 cm³/mol. The van der Waals surface area contributed by atoms with Crippen molar-refractivity contribution in [2.24, 2.45) is 0 Å². The molecule has 2 aromatic heterocycles. The van der Waals surface area contributed by atoms with E-state index in [0.717, 1.165) is 39.2 Å². The fraction of sp³-hybridized carbons (Fsp3) is 0.333. The summed E-state index contributed by atoms with van der Waals surface area (Å²) in [6.45, 7) is 2.13. The molecule has 4 rings (SSSR count). The molecule has 0 spiro atoms. The fourth-order valence-corrected chi connectivity index (χ4v) is 5.20. The van der Waals surface area contributed by atoms with Gasteiger partial charge in [-0.1, -0.05) is 11.3 Å². The van der Waals surface area contributed by atoms with Crippen LogP contribution >= 0.6 is 22.7 Å². The quantitative estimate of drug-likeness (QED) is 0.726. The van der Waals surface area contributed by atoms with E-state index < -0.39 is 0 Å². The molecule has 0 atom stereocenters. The molecule has 25 heavy (non-hydrogen) atoms. The molecule has 7 heteroatoms. The van der Waals surface area contributed by atoms with E-state index in [1.807, 2.05) is 29.6 Å². The first-order valence-electron chi connectivity index (χ1n) is 8.33. The summed E-state index contributed by atoms with van der Waals surface area (Å²) in [5.74, 6) is 0.676. The van der Waals surface area contributed by atoms with Crippen LogP contribution in [-0.4, -0.2) is 31.1 Å². The predicted octanol–water partition coefficient (Wildman–Crippen LogP) is 4.61. The van der Waals surface area contributed by atoms with Crippen molar-refractivity contribution in [1.29, 1.82) is 0 Å². The Morgan fingerprint density at radius 3 is 2.68 bits per heavy atom. The summed E-state index contributed by atoms with van der Waals surface area (Å²) < 4.78 is 6.13. The molecule has 1 amide bonds. The van der Waals surface area contributed by atoms with Crippen molar-refractivity contribution < 1.29 is 9.53 Å². The molecular weight excluding hydrogens is 354 g/mol. The lowest BCUT2D eigenvalue weighted by Crippen LogP contribution is -2.29. The van der Waals surface area contributed by atoms with Gasteiger partial charge < -0.3 is 15.0 Å². The van der Waals surface area contributed by atoms with E-state index in [1.165, 1.54) is 30.6 Å². The van der Waals surface area contributed by atoms with Crippen LogP contribution in [0.3, 0.4) is 0 Å². The largest absolute Gasteiger partial charge is 0.497 e. The SMILES string of the molecule is COc1ccc(NC(=O)c2csc3nc(N4CCCCC4)sc23)cc1. The Labute approximate surface area is 154 Å². The number of fused-ring (bicyclic) bond motifs is 1. The highest BCUT2D eigenvalue weighted by Gasteiger charge is 2.20. The lowest BCUT2D eigenvalue weighted by atomic mass is 10.1. The third kappa shape index (κ3) is 3.34. The lowest BCUT2D eigenvalue weighted by Gasteiger charge is -2.25. The molecule has 3 aromatic rings. The summed E-state index contributed by atoms with van der Waals surface area (Å²) in [7, 11) is 1.62. The van der Waals surface area contributed by atoms with Crippen LogP contribution in [0.25, 0.3) is 9.53 Å². The average molecular weight is 374 g/mol. The number of amides is 1. The van der Waals surface area contributed by atoms with E-state index in [2.05, 4.69) is 10.2 Å². The number of benzene rings is 1. The third-order valence-electron chi connectivity index (χ3n) is 4.34. The number of hydrogen-bond donors (Lipinski definition) is 1. The first-order chi connectivity index (χ1) is 12.2. The van der Waals surface area contributed by atoms with Gasteiger partial charge in [-0.25, -0.2) is 4.98 Å². The molecule has 0 unspecified atom stereocenters. The van der Waals surface area contributed by atoms with Gasteiger partial charge in [-0.05, 0) is 43.5 Å². The van der Waals surface area contributed by atoms with Crippen LogP contribution in [-0.2, 0) is 0 Å². The van der Waals surface area contributed by atoms with Gasteiger partial charge >= 0.3 is 0 Å². The van der Waals surface area contributed by atoms with Crippen LogP contribution in [0.15, 0.2) is 29.6 Å². The Hall–Kier alpha value is -2.12. The first-order valence-corrected chi connectivity index (χ1v) is 10.0. The van der Waals surface area contributed by atoms with Crippen molar-refractivity contribution in [3.8, 4) is 5.75 Å². The van der Waals surface area contributed by atoms with Gasteiger partial charge in [0.2, 0.25) is 0 Å². The molecule has 1 saturated heterocycles. The Morgan fingerprint density at radius 1 is 1.20 bits per heavy atom. The molecule has 5 nitrogen and oxygen atoms in total. The van der Waals surface area contributed by atoms with E-state index in [4.69, 9.17) is 9.72 Å². The van der Waals surface area contributed by atoms with Crippen LogP contribution in [0.2, 0.25) is 0 Å². The summed E-state index contributed by atoms with van der Waals surface area (Å²) in [6, 6.07) is 7.35. The minimum atomic E-state index is -0.0924. The Morgan fingerprint density at radius 2 is 1.96 bits per heavy atom. The number of nitrogens with zero attached hydrogens (tertiary/aromatic N) is 2. The van der Waals surface area contributed by atoms with Crippen LogP contribution < -0.4 is 15.0 Å². The van der Waals surface area contributed by atoms with Gasteiger partial charge in [0, 0.05) is 24.2 Å². The number of carbonyl (C=O) groups excluding carboxylic acids is 1. The Bertz CT molecular complexity index is 880. The molecule has 1 aromatic carbocycles. The minimum absolute atomic E-state index is 0.0924. The normalized spacial score (nSPS) is 14.7. The van der Waals surface area contributed by atoms with Crippen LogP contribution in [0.5, 0.6) is 5.75 Å². The van der Waals surface area contributed by atoms with Crippen molar-refractivity contribution in [3.05, 3.63) is 35.2 Å². The number of methoxy groups -OCH3 is 1. The highest BCUT2D eigenvalue weighted by molar-refractivity contribution is 7.29. The molecule has 0 saturated carbocycles. The number of thiazole rings is 1. The second-order valence-corrected chi connectivity index (χ2v) is 7.85. The average Bonchev–Trinajstić information content (AvgIpc) is 3.23. The van der Waals surface area contributed by atoms with Crippen molar-refractivity contribution in [1.82, 2.24) is 4.98 Å². The number of rotatable bonds is 4. The summed E-state index contributed by atoms with van der Waals surface area (Å²) in [5, 5.41) is 5.89. The highest BCUT2D eigenvalue weighted by atomic mass is 32.1. The number of nitrogens with one attached hydrogen (secondary N) is 1. The van der Waals surface area contributed by atoms with Crippen LogP contribution in [0.1, 0.15) is 29.6 Å². The molecule has 1 aliphatic heterocycles. The van der Waals surface area contributed by atoms with Crippen molar-refractivity contribution in [2.45, 2.75) is 19.3 Å².